The zero-order valence-electron chi connectivity index (χ0n) is 16.1. The number of aryl methyl sites for hydroxylation is 2. The number of rotatable bonds is 6. The summed E-state index contributed by atoms with van der Waals surface area (Å²) >= 11 is 1.62. The van der Waals surface area contributed by atoms with Gasteiger partial charge in [0.25, 0.3) is 0 Å². The lowest BCUT2D eigenvalue weighted by Crippen LogP contribution is -2.28. The average molecular weight is 383 g/mol. The number of hydrogen-bond acceptors (Lipinski definition) is 3. The van der Waals surface area contributed by atoms with Gasteiger partial charge < -0.3 is 5.32 Å². The number of carbonyl (C=O) groups is 2. The van der Waals surface area contributed by atoms with Gasteiger partial charge in [-0.3, -0.25) is 14.5 Å². The van der Waals surface area contributed by atoms with E-state index in [9.17, 15) is 9.59 Å². The van der Waals surface area contributed by atoms with Crippen LogP contribution in [0.5, 0.6) is 0 Å². The number of thioether (sulfide) groups is 1. The second-order valence-corrected chi connectivity index (χ2v) is 8.12. The summed E-state index contributed by atoms with van der Waals surface area (Å²) in [7, 11) is 0. The van der Waals surface area contributed by atoms with E-state index in [0.717, 1.165) is 40.9 Å². The summed E-state index contributed by atoms with van der Waals surface area (Å²) < 4.78 is 0. The third kappa shape index (κ3) is 4.72. The second-order valence-electron chi connectivity index (χ2n) is 7.05. The lowest BCUT2D eigenvalue weighted by atomic mass is 10.1. The van der Waals surface area contributed by atoms with Crippen LogP contribution < -0.4 is 10.2 Å². The third-order valence-corrected chi connectivity index (χ3v) is 5.78. The van der Waals surface area contributed by atoms with Crippen LogP contribution in [0.25, 0.3) is 0 Å². The minimum atomic E-state index is -0.0776. The number of carbonyl (C=O) groups excluding carboxylic acids is 2. The zero-order valence-corrected chi connectivity index (χ0v) is 16.9. The lowest BCUT2D eigenvalue weighted by molar-refractivity contribution is -0.116. The van der Waals surface area contributed by atoms with Gasteiger partial charge in [0.05, 0.1) is 5.75 Å². The van der Waals surface area contributed by atoms with Crippen LogP contribution in [0, 0.1) is 13.8 Å². The van der Waals surface area contributed by atoms with Crippen molar-refractivity contribution in [2.45, 2.75) is 45.4 Å². The molecule has 0 spiro atoms. The fourth-order valence-electron chi connectivity index (χ4n) is 3.37. The van der Waals surface area contributed by atoms with Gasteiger partial charge in [0, 0.05) is 17.8 Å². The van der Waals surface area contributed by atoms with Crippen molar-refractivity contribution in [1.82, 2.24) is 0 Å². The minimum absolute atomic E-state index is 0.0373. The monoisotopic (exact) mass is 382 g/mol. The predicted molar refractivity (Wildman–Crippen MR) is 113 cm³/mol. The maximum absolute atomic E-state index is 12.6. The predicted octanol–water partition coefficient (Wildman–Crippen LogP) is 5.21. The highest BCUT2D eigenvalue weighted by Crippen LogP contribution is 2.42. The first-order valence-corrected chi connectivity index (χ1v) is 10.4. The summed E-state index contributed by atoms with van der Waals surface area (Å²) in [6.45, 7) is 6.17. The van der Waals surface area contributed by atoms with E-state index in [-0.39, 0.29) is 17.2 Å². The number of hydrogen-bond donors (Lipinski definition) is 1. The molecule has 0 bridgehead atoms. The Kier molecular flexibility index (Phi) is 6.22. The van der Waals surface area contributed by atoms with E-state index in [1.807, 2.05) is 43.0 Å². The first kappa shape index (κ1) is 19.5. The molecule has 1 heterocycles. The Labute approximate surface area is 165 Å². The SMILES string of the molecule is CCCCC(=O)Nc1cccc(C2SCC(=O)N2c2cc(C)cc(C)c2)c1. The standard InChI is InChI=1S/C22H26N2O2S/c1-4-5-9-20(25)23-18-8-6-7-17(13-18)22-24(21(26)14-27-22)19-11-15(2)10-16(3)12-19/h6-8,10-13,22H,4-5,9,14H2,1-3H3,(H,23,25). The lowest BCUT2D eigenvalue weighted by Gasteiger charge is -2.25. The maximum atomic E-state index is 12.6. The molecule has 142 valence electrons. The highest BCUT2D eigenvalue weighted by molar-refractivity contribution is 8.00. The average Bonchev–Trinajstić information content (AvgIpc) is 3.01. The van der Waals surface area contributed by atoms with E-state index >= 15 is 0 Å². The Morgan fingerprint density at radius 2 is 1.93 bits per heavy atom. The second kappa shape index (κ2) is 8.61. The molecular formula is C22H26N2O2S. The summed E-state index contributed by atoms with van der Waals surface area (Å²) in [4.78, 5) is 26.5. The van der Waals surface area contributed by atoms with Crippen molar-refractivity contribution in [1.29, 1.82) is 0 Å². The third-order valence-electron chi connectivity index (χ3n) is 4.57. The topological polar surface area (TPSA) is 49.4 Å². The van der Waals surface area contributed by atoms with Crippen molar-refractivity contribution in [3.05, 3.63) is 59.2 Å². The molecule has 1 atom stereocenters. The molecule has 1 saturated heterocycles. The Morgan fingerprint density at radius 1 is 1.19 bits per heavy atom. The normalized spacial score (nSPS) is 16.6. The summed E-state index contributed by atoms with van der Waals surface area (Å²) in [6.07, 6.45) is 2.42. The van der Waals surface area contributed by atoms with Crippen LogP contribution >= 0.6 is 11.8 Å². The smallest absolute Gasteiger partial charge is 0.238 e. The molecule has 1 aliphatic heterocycles. The van der Waals surface area contributed by atoms with Gasteiger partial charge in [-0.2, -0.15) is 0 Å². The largest absolute Gasteiger partial charge is 0.326 e. The van der Waals surface area contributed by atoms with Gasteiger partial charge in [-0.05, 0) is 61.2 Å². The molecule has 1 unspecified atom stereocenters. The first-order valence-electron chi connectivity index (χ1n) is 9.39. The zero-order chi connectivity index (χ0) is 19.4. The number of unbranched alkanes of at least 4 members (excludes halogenated alkanes) is 1. The van der Waals surface area contributed by atoms with E-state index in [0.29, 0.717) is 12.2 Å². The molecule has 4 nitrogen and oxygen atoms in total. The van der Waals surface area contributed by atoms with Crippen molar-refractivity contribution >= 4 is 35.0 Å². The van der Waals surface area contributed by atoms with Gasteiger partial charge in [0.15, 0.2) is 0 Å². The Bertz CT molecular complexity index is 830. The highest BCUT2D eigenvalue weighted by Gasteiger charge is 2.34. The fourth-order valence-corrected chi connectivity index (χ4v) is 4.54. The van der Waals surface area contributed by atoms with E-state index in [1.54, 1.807) is 11.8 Å². The van der Waals surface area contributed by atoms with Crippen LogP contribution in [0.2, 0.25) is 0 Å². The van der Waals surface area contributed by atoms with Crippen molar-refractivity contribution in [2.24, 2.45) is 0 Å². The number of nitrogens with zero attached hydrogens (tertiary/aromatic N) is 1. The van der Waals surface area contributed by atoms with Gasteiger partial charge in [-0.25, -0.2) is 0 Å². The quantitative estimate of drug-likeness (QED) is 0.746. The molecule has 3 rings (SSSR count). The molecular weight excluding hydrogens is 356 g/mol. The number of amides is 2. The molecule has 5 heteroatoms. The van der Waals surface area contributed by atoms with Crippen molar-refractivity contribution in [3.63, 3.8) is 0 Å². The Balaban J connectivity index is 1.85. The molecule has 1 fully saturated rings. The van der Waals surface area contributed by atoms with Gasteiger partial charge in [-0.1, -0.05) is 31.5 Å². The number of nitrogens with one attached hydrogen (secondary N) is 1. The molecule has 0 radical (unpaired) electrons. The summed E-state index contributed by atoms with van der Waals surface area (Å²) in [6, 6.07) is 14.1. The molecule has 0 aromatic heterocycles. The van der Waals surface area contributed by atoms with E-state index in [1.165, 1.54) is 0 Å². The first-order chi connectivity index (χ1) is 13.0. The molecule has 0 saturated carbocycles. The van der Waals surface area contributed by atoms with Gasteiger partial charge in [0.1, 0.15) is 5.37 Å². The Morgan fingerprint density at radius 3 is 2.63 bits per heavy atom. The summed E-state index contributed by atoms with van der Waals surface area (Å²) in [5, 5.41) is 2.90. The molecule has 2 amide bonds. The molecule has 2 aromatic carbocycles. The van der Waals surface area contributed by atoms with E-state index in [4.69, 9.17) is 0 Å². The van der Waals surface area contributed by atoms with Crippen LogP contribution in [-0.4, -0.2) is 17.6 Å². The summed E-state index contributed by atoms with van der Waals surface area (Å²) in [5.41, 5.74) is 5.04. The van der Waals surface area contributed by atoms with E-state index in [2.05, 4.69) is 30.4 Å². The fraction of sp³-hybridized carbons (Fsp3) is 0.364. The minimum Gasteiger partial charge on any atom is -0.326 e. The van der Waals surface area contributed by atoms with Crippen molar-refractivity contribution in [2.75, 3.05) is 16.0 Å². The van der Waals surface area contributed by atoms with Gasteiger partial charge in [0.2, 0.25) is 11.8 Å². The van der Waals surface area contributed by atoms with Crippen LogP contribution in [0.1, 0.15) is 48.3 Å². The van der Waals surface area contributed by atoms with Crippen LogP contribution in [0.3, 0.4) is 0 Å². The van der Waals surface area contributed by atoms with Crippen molar-refractivity contribution < 1.29 is 9.59 Å². The van der Waals surface area contributed by atoms with Crippen LogP contribution in [0.4, 0.5) is 11.4 Å². The molecule has 1 N–H and O–H groups in total. The highest BCUT2D eigenvalue weighted by atomic mass is 32.2. The molecule has 1 aliphatic rings. The molecule has 0 aliphatic carbocycles. The van der Waals surface area contributed by atoms with Gasteiger partial charge >= 0.3 is 0 Å². The van der Waals surface area contributed by atoms with Gasteiger partial charge in [-0.15, -0.1) is 11.8 Å². The maximum Gasteiger partial charge on any atom is 0.238 e. The number of benzene rings is 2. The van der Waals surface area contributed by atoms with Crippen LogP contribution in [-0.2, 0) is 9.59 Å². The summed E-state index contributed by atoms with van der Waals surface area (Å²) in [5.74, 6) is 0.618. The number of anilines is 2. The molecule has 27 heavy (non-hydrogen) atoms. The van der Waals surface area contributed by atoms with Crippen LogP contribution in [0.15, 0.2) is 42.5 Å². The molecule has 2 aromatic rings. The van der Waals surface area contributed by atoms with E-state index < -0.39 is 0 Å². The van der Waals surface area contributed by atoms with Crippen molar-refractivity contribution in [3.8, 4) is 0 Å². The Hall–Kier alpha value is -2.27.